The Balaban J connectivity index is 2.46. The molecule has 1 rings (SSSR count). The van der Waals surface area contributed by atoms with Crippen LogP contribution in [0.5, 0.6) is 0 Å². The van der Waals surface area contributed by atoms with Crippen LogP contribution in [0.4, 0.5) is 0 Å². The van der Waals surface area contributed by atoms with Crippen molar-refractivity contribution in [3.05, 3.63) is 18.0 Å². The van der Waals surface area contributed by atoms with Gasteiger partial charge in [0, 0.05) is 25.3 Å². The highest BCUT2D eigenvalue weighted by atomic mass is 16.5. The zero-order valence-electron chi connectivity index (χ0n) is 11.7. The Morgan fingerprint density at radius 2 is 2.28 bits per heavy atom. The Morgan fingerprint density at radius 3 is 2.89 bits per heavy atom. The Morgan fingerprint density at radius 1 is 1.50 bits per heavy atom. The number of aromatic nitrogens is 2. The van der Waals surface area contributed by atoms with E-state index in [2.05, 4.69) is 37.4 Å². The van der Waals surface area contributed by atoms with Crippen LogP contribution in [0.2, 0.25) is 0 Å². The van der Waals surface area contributed by atoms with Gasteiger partial charge in [-0.1, -0.05) is 13.8 Å². The molecule has 1 heterocycles. The molecule has 18 heavy (non-hydrogen) atoms. The molecule has 0 aliphatic heterocycles. The van der Waals surface area contributed by atoms with E-state index in [1.807, 2.05) is 10.9 Å². The third-order valence-corrected chi connectivity index (χ3v) is 3.06. The molecule has 0 saturated carbocycles. The molecular weight excluding hydrogens is 228 g/mol. The average molecular weight is 254 g/mol. The van der Waals surface area contributed by atoms with Crippen molar-refractivity contribution in [2.75, 3.05) is 13.2 Å². The molecule has 0 fully saturated rings. The molecule has 2 atom stereocenters. The molecule has 0 aliphatic rings. The number of hydrogen-bond donors (Lipinski definition) is 2. The standard InChI is InChI=1S/C13H26N4O/c1-4-8-18-10-13(15-14)9-12-6-7-17(16-12)11(3)5-2/h6-7,11,13,15H,4-5,8-10,14H2,1-3H3. The van der Waals surface area contributed by atoms with E-state index < -0.39 is 0 Å². The van der Waals surface area contributed by atoms with E-state index in [0.29, 0.717) is 12.6 Å². The number of hydrazine groups is 1. The van der Waals surface area contributed by atoms with Gasteiger partial charge in [-0.2, -0.15) is 5.10 Å². The summed E-state index contributed by atoms with van der Waals surface area (Å²) in [7, 11) is 0. The van der Waals surface area contributed by atoms with Crippen LogP contribution >= 0.6 is 0 Å². The maximum Gasteiger partial charge on any atom is 0.0641 e. The van der Waals surface area contributed by atoms with Gasteiger partial charge in [0.05, 0.1) is 18.3 Å². The van der Waals surface area contributed by atoms with Crippen molar-refractivity contribution >= 4 is 0 Å². The summed E-state index contributed by atoms with van der Waals surface area (Å²) in [4.78, 5) is 0. The predicted molar refractivity (Wildman–Crippen MR) is 73.2 cm³/mol. The summed E-state index contributed by atoms with van der Waals surface area (Å²) in [6, 6.07) is 2.62. The van der Waals surface area contributed by atoms with E-state index in [4.69, 9.17) is 10.6 Å². The molecular formula is C13H26N4O. The molecule has 0 aromatic carbocycles. The molecule has 0 amide bonds. The van der Waals surface area contributed by atoms with Gasteiger partial charge in [-0.3, -0.25) is 16.0 Å². The first kappa shape index (κ1) is 15.1. The molecule has 1 aromatic rings. The number of nitrogens with zero attached hydrogens (tertiary/aromatic N) is 2. The Labute approximate surface area is 110 Å². The quantitative estimate of drug-likeness (QED) is 0.399. The van der Waals surface area contributed by atoms with Gasteiger partial charge < -0.3 is 4.74 Å². The molecule has 2 unspecified atom stereocenters. The van der Waals surface area contributed by atoms with Crippen molar-refractivity contribution in [3.63, 3.8) is 0 Å². The summed E-state index contributed by atoms with van der Waals surface area (Å²) in [5, 5.41) is 4.56. The van der Waals surface area contributed by atoms with E-state index in [1.54, 1.807) is 0 Å². The highest BCUT2D eigenvalue weighted by Crippen LogP contribution is 2.10. The lowest BCUT2D eigenvalue weighted by atomic mass is 10.2. The van der Waals surface area contributed by atoms with Crippen LogP contribution in [0.15, 0.2) is 12.3 Å². The second-order valence-electron chi connectivity index (χ2n) is 4.69. The lowest BCUT2D eigenvalue weighted by Gasteiger charge is -2.14. The smallest absolute Gasteiger partial charge is 0.0641 e. The Bertz CT molecular complexity index is 327. The maximum atomic E-state index is 5.53. The monoisotopic (exact) mass is 254 g/mol. The highest BCUT2D eigenvalue weighted by Gasteiger charge is 2.11. The van der Waals surface area contributed by atoms with Gasteiger partial charge in [-0.25, -0.2) is 0 Å². The fourth-order valence-corrected chi connectivity index (χ4v) is 1.71. The largest absolute Gasteiger partial charge is 0.380 e. The Kier molecular flexibility index (Phi) is 6.93. The first-order chi connectivity index (χ1) is 8.71. The average Bonchev–Trinajstić information content (AvgIpc) is 2.85. The zero-order chi connectivity index (χ0) is 13.4. The zero-order valence-corrected chi connectivity index (χ0v) is 11.7. The molecule has 5 heteroatoms. The maximum absolute atomic E-state index is 5.53. The van der Waals surface area contributed by atoms with Crippen molar-refractivity contribution in [1.29, 1.82) is 0 Å². The van der Waals surface area contributed by atoms with Gasteiger partial charge in [0.15, 0.2) is 0 Å². The van der Waals surface area contributed by atoms with Crippen molar-refractivity contribution in [2.24, 2.45) is 5.84 Å². The summed E-state index contributed by atoms with van der Waals surface area (Å²) < 4.78 is 7.52. The summed E-state index contributed by atoms with van der Waals surface area (Å²) >= 11 is 0. The summed E-state index contributed by atoms with van der Waals surface area (Å²) in [5.74, 6) is 5.53. The van der Waals surface area contributed by atoms with E-state index in [1.165, 1.54) is 0 Å². The van der Waals surface area contributed by atoms with Crippen LogP contribution in [0.3, 0.4) is 0 Å². The minimum atomic E-state index is 0.122. The van der Waals surface area contributed by atoms with Gasteiger partial charge in [-0.15, -0.1) is 0 Å². The number of rotatable bonds is 9. The minimum absolute atomic E-state index is 0.122. The van der Waals surface area contributed by atoms with Crippen molar-refractivity contribution in [2.45, 2.75) is 52.1 Å². The second kappa shape index (κ2) is 8.24. The molecule has 0 aliphatic carbocycles. The van der Waals surface area contributed by atoms with E-state index in [9.17, 15) is 0 Å². The fraction of sp³-hybridized carbons (Fsp3) is 0.769. The normalized spacial score (nSPS) is 14.7. The third-order valence-electron chi connectivity index (χ3n) is 3.06. The van der Waals surface area contributed by atoms with Gasteiger partial charge >= 0.3 is 0 Å². The van der Waals surface area contributed by atoms with Gasteiger partial charge in [-0.05, 0) is 25.8 Å². The lowest BCUT2D eigenvalue weighted by molar-refractivity contribution is 0.111. The van der Waals surface area contributed by atoms with Crippen LogP contribution in [0.1, 0.15) is 45.3 Å². The third kappa shape index (κ3) is 4.76. The molecule has 104 valence electrons. The van der Waals surface area contributed by atoms with Gasteiger partial charge in [0.2, 0.25) is 0 Å². The number of nitrogens with one attached hydrogen (secondary N) is 1. The minimum Gasteiger partial charge on any atom is -0.380 e. The first-order valence-electron chi connectivity index (χ1n) is 6.79. The summed E-state index contributed by atoms with van der Waals surface area (Å²) in [5.41, 5.74) is 3.84. The van der Waals surface area contributed by atoms with E-state index >= 15 is 0 Å². The van der Waals surface area contributed by atoms with E-state index in [-0.39, 0.29) is 6.04 Å². The highest BCUT2D eigenvalue weighted by molar-refractivity contribution is 5.02. The number of hydrogen-bond acceptors (Lipinski definition) is 4. The van der Waals surface area contributed by atoms with Crippen LogP contribution < -0.4 is 11.3 Å². The van der Waals surface area contributed by atoms with Gasteiger partial charge in [0.25, 0.3) is 0 Å². The molecule has 0 radical (unpaired) electrons. The van der Waals surface area contributed by atoms with Crippen LogP contribution in [-0.4, -0.2) is 29.0 Å². The van der Waals surface area contributed by atoms with Crippen molar-refractivity contribution in [3.8, 4) is 0 Å². The molecule has 1 aromatic heterocycles. The number of ether oxygens (including phenoxy) is 1. The first-order valence-corrected chi connectivity index (χ1v) is 6.79. The molecule has 0 saturated heterocycles. The van der Waals surface area contributed by atoms with Crippen molar-refractivity contribution in [1.82, 2.24) is 15.2 Å². The summed E-state index contributed by atoms with van der Waals surface area (Å²) in [6.45, 7) is 7.83. The fourth-order valence-electron chi connectivity index (χ4n) is 1.71. The SMILES string of the molecule is CCCOCC(Cc1ccn(C(C)CC)n1)NN. The predicted octanol–water partition coefficient (Wildman–Crippen LogP) is 1.66. The van der Waals surface area contributed by atoms with Crippen LogP contribution in [-0.2, 0) is 11.2 Å². The lowest BCUT2D eigenvalue weighted by Crippen LogP contribution is -2.40. The number of nitrogens with two attached hydrogens (primary N) is 1. The molecule has 5 nitrogen and oxygen atoms in total. The van der Waals surface area contributed by atoms with Crippen molar-refractivity contribution < 1.29 is 4.74 Å². The van der Waals surface area contributed by atoms with E-state index in [0.717, 1.165) is 31.6 Å². The van der Waals surface area contributed by atoms with Crippen LogP contribution in [0.25, 0.3) is 0 Å². The molecule has 0 spiro atoms. The topological polar surface area (TPSA) is 65.1 Å². The summed E-state index contributed by atoms with van der Waals surface area (Å²) in [6.07, 6.45) is 4.94. The Hall–Kier alpha value is -0.910. The van der Waals surface area contributed by atoms with Crippen LogP contribution in [0, 0.1) is 0 Å². The second-order valence-corrected chi connectivity index (χ2v) is 4.69. The molecule has 3 N–H and O–H groups in total. The van der Waals surface area contributed by atoms with Gasteiger partial charge in [0.1, 0.15) is 0 Å². The molecule has 0 bridgehead atoms.